The second kappa shape index (κ2) is 7.81. The molecule has 0 aliphatic rings. The van der Waals surface area contributed by atoms with Gasteiger partial charge in [0.15, 0.2) is 5.65 Å². The molecule has 0 atom stereocenters. The lowest BCUT2D eigenvalue weighted by atomic mass is 10.1. The molecule has 2 aromatic heterocycles. The highest BCUT2D eigenvalue weighted by Crippen LogP contribution is 2.28. The van der Waals surface area contributed by atoms with Gasteiger partial charge in [-0.25, -0.2) is 4.52 Å². The van der Waals surface area contributed by atoms with Gasteiger partial charge in [-0.2, -0.15) is 4.98 Å². The lowest BCUT2D eigenvalue weighted by Crippen LogP contribution is -2.24. The van der Waals surface area contributed by atoms with Crippen LogP contribution in [0.4, 0.5) is 16.0 Å². The van der Waals surface area contributed by atoms with E-state index in [1.807, 2.05) is 25.3 Å². The molecule has 1 amide bonds. The van der Waals surface area contributed by atoms with Crippen LogP contribution in [0.5, 0.6) is 5.75 Å². The lowest BCUT2D eigenvalue weighted by Gasteiger charge is -2.11. The van der Waals surface area contributed by atoms with Gasteiger partial charge in [0.1, 0.15) is 5.75 Å². The van der Waals surface area contributed by atoms with Crippen molar-refractivity contribution in [3.05, 3.63) is 47.7 Å². The number of benzene rings is 1. The maximum Gasteiger partial charge on any atom is 0.251 e. The lowest BCUT2D eigenvalue weighted by molar-refractivity contribution is 0.0952. The van der Waals surface area contributed by atoms with Crippen molar-refractivity contribution in [2.45, 2.75) is 13.3 Å². The van der Waals surface area contributed by atoms with E-state index in [9.17, 15) is 9.18 Å². The van der Waals surface area contributed by atoms with Gasteiger partial charge < -0.3 is 15.4 Å². The predicted octanol–water partition coefficient (Wildman–Crippen LogP) is 2.88. The number of hydrogen-bond donors (Lipinski definition) is 2. The van der Waals surface area contributed by atoms with Gasteiger partial charge in [-0.15, -0.1) is 5.10 Å². The number of nitrogens with one attached hydrogen (secondary N) is 2. The molecule has 7 nitrogen and oxygen atoms in total. The molecule has 0 radical (unpaired) electrons. The second-order valence-corrected chi connectivity index (χ2v) is 5.78. The Balaban J connectivity index is 1.79. The average Bonchev–Trinajstić information content (AvgIpc) is 3.03. The van der Waals surface area contributed by atoms with E-state index in [2.05, 4.69) is 20.7 Å². The van der Waals surface area contributed by atoms with Crippen LogP contribution in [0.15, 0.2) is 36.5 Å². The van der Waals surface area contributed by atoms with Crippen LogP contribution >= 0.6 is 0 Å². The number of aromatic nitrogens is 3. The number of rotatable bonds is 7. The molecule has 0 aliphatic carbocycles. The molecule has 8 heteroatoms. The number of methoxy groups -OCH3 is 1. The zero-order valence-corrected chi connectivity index (χ0v) is 14.6. The van der Waals surface area contributed by atoms with Crippen LogP contribution in [0.25, 0.3) is 5.65 Å². The van der Waals surface area contributed by atoms with Crippen molar-refractivity contribution in [2.24, 2.45) is 0 Å². The van der Waals surface area contributed by atoms with Crippen LogP contribution < -0.4 is 15.4 Å². The largest absolute Gasteiger partial charge is 0.495 e. The molecule has 3 aromatic rings. The number of alkyl halides is 1. The fourth-order valence-corrected chi connectivity index (χ4v) is 2.47. The van der Waals surface area contributed by atoms with Crippen molar-refractivity contribution in [1.82, 2.24) is 19.9 Å². The van der Waals surface area contributed by atoms with Crippen LogP contribution in [-0.4, -0.2) is 40.8 Å². The summed E-state index contributed by atoms with van der Waals surface area (Å²) >= 11 is 0. The Morgan fingerprint density at radius 2 is 2.15 bits per heavy atom. The van der Waals surface area contributed by atoms with Gasteiger partial charge in [0.05, 0.1) is 19.5 Å². The summed E-state index contributed by atoms with van der Waals surface area (Å²) in [7, 11) is 1.52. The topological polar surface area (TPSA) is 80.5 Å². The van der Waals surface area contributed by atoms with Crippen molar-refractivity contribution >= 4 is 23.2 Å². The Bertz CT molecular complexity index is 925. The molecule has 0 unspecified atom stereocenters. The normalized spacial score (nSPS) is 10.7. The van der Waals surface area contributed by atoms with Gasteiger partial charge in [-0.1, -0.05) is 6.07 Å². The van der Waals surface area contributed by atoms with Crippen LogP contribution in [0, 0.1) is 6.92 Å². The fourth-order valence-electron chi connectivity index (χ4n) is 2.47. The van der Waals surface area contributed by atoms with E-state index in [4.69, 9.17) is 4.74 Å². The van der Waals surface area contributed by atoms with Crippen molar-refractivity contribution in [3.8, 4) is 5.75 Å². The first-order valence-electron chi connectivity index (χ1n) is 8.23. The van der Waals surface area contributed by atoms with Gasteiger partial charge in [-0.3, -0.25) is 9.18 Å². The molecular weight excluding hydrogens is 337 g/mol. The number of pyridine rings is 1. The summed E-state index contributed by atoms with van der Waals surface area (Å²) in [6.07, 6.45) is 2.18. The Morgan fingerprint density at radius 1 is 1.31 bits per heavy atom. The summed E-state index contributed by atoms with van der Waals surface area (Å²) in [5.74, 6) is 0.636. The van der Waals surface area contributed by atoms with Crippen LogP contribution in [0.2, 0.25) is 0 Å². The van der Waals surface area contributed by atoms with Crippen molar-refractivity contribution in [1.29, 1.82) is 0 Å². The van der Waals surface area contributed by atoms with Gasteiger partial charge in [0.25, 0.3) is 5.91 Å². The molecule has 3 rings (SSSR count). The van der Waals surface area contributed by atoms with Crippen molar-refractivity contribution in [2.75, 3.05) is 25.6 Å². The predicted molar refractivity (Wildman–Crippen MR) is 96.9 cm³/mol. The van der Waals surface area contributed by atoms with Crippen LogP contribution in [0.1, 0.15) is 22.3 Å². The first-order valence-corrected chi connectivity index (χ1v) is 8.23. The number of ether oxygens (including phenoxy) is 1. The number of hydrogen-bond acceptors (Lipinski definition) is 5. The number of carbonyl (C=O) groups excluding carboxylic acids is 1. The highest BCUT2D eigenvalue weighted by Gasteiger charge is 2.12. The molecule has 0 aliphatic heterocycles. The van der Waals surface area contributed by atoms with Gasteiger partial charge in [0.2, 0.25) is 5.95 Å². The molecule has 1 aromatic carbocycles. The Morgan fingerprint density at radius 3 is 2.92 bits per heavy atom. The van der Waals surface area contributed by atoms with Gasteiger partial charge >= 0.3 is 0 Å². The van der Waals surface area contributed by atoms with Crippen LogP contribution in [0.3, 0.4) is 0 Å². The minimum atomic E-state index is -0.460. The van der Waals surface area contributed by atoms with Gasteiger partial charge in [-0.05, 0) is 43.2 Å². The smallest absolute Gasteiger partial charge is 0.251 e. The number of carbonyl (C=O) groups is 1. The third-order valence-corrected chi connectivity index (χ3v) is 3.79. The Kier molecular flexibility index (Phi) is 5.31. The molecule has 0 spiro atoms. The monoisotopic (exact) mass is 357 g/mol. The maximum atomic E-state index is 12.1. The maximum absolute atomic E-state index is 12.1. The Labute approximate surface area is 150 Å². The van der Waals surface area contributed by atoms with Crippen molar-refractivity contribution < 1.29 is 13.9 Å². The molecule has 0 fully saturated rings. The summed E-state index contributed by atoms with van der Waals surface area (Å²) < 4.78 is 19.2. The summed E-state index contributed by atoms with van der Waals surface area (Å²) in [5.41, 5.74) is 2.88. The van der Waals surface area contributed by atoms with Gasteiger partial charge in [0, 0.05) is 18.3 Å². The van der Waals surface area contributed by atoms with E-state index in [0.717, 1.165) is 11.2 Å². The van der Waals surface area contributed by atoms with E-state index in [-0.39, 0.29) is 5.91 Å². The van der Waals surface area contributed by atoms with Crippen molar-refractivity contribution in [3.63, 3.8) is 0 Å². The number of amides is 1. The number of aryl methyl sites for hydroxylation is 1. The minimum absolute atomic E-state index is 0.273. The first kappa shape index (κ1) is 17.7. The molecular formula is C18H20FN5O2. The molecule has 136 valence electrons. The molecule has 0 bridgehead atoms. The zero-order valence-electron chi connectivity index (χ0n) is 14.6. The molecule has 2 heterocycles. The molecule has 2 N–H and O–H groups in total. The summed E-state index contributed by atoms with van der Waals surface area (Å²) in [5, 5.41) is 10.1. The number of nitrogens with zero attached hydrogens (tertiary/aromatic N) is 3. The zero-order chi connectivity index (χ0) is 18.5. The number of fused-ring (bicyclic) bond motifs is 1. The SMILES string of the molecule is COc1cc(C(=O)NCCCF)ccc1Nc1nc2ccc(C)cn2n1. The fraction of sp³-hybridized carbons (Fsp3) is 0.278. The molecule has 0 saturated carbocycles. The number of anilines is 2. The van der Waals surface area contributed by atoms with E-state index in [1.54, 1.807) is 22.7 Å². The molecule has 26 heavy (non-hydrogen) atoms. The highest BCUT2D eigenvalue weighted by molar-refractivity contribution is 5.95. The molecule has 0 saturated heterocycles. The summed E-state index contributed by atoms with van der Waals surface area (Å²) in [6, 6.07) is 8.85. The summed E-state index contributed by atoms with van der Waals surface area (Å²) in [6.45, 7) is 1.81. The third kappa shape index (κ3) is 3.90. The van der Waals surface area contributed by atoms with E-state index in [0.29, 0.717) is 35.9 Å². The third-order valence-electron chi connectivity index (χ3n) is 3.79. The Hall–Kier alpha value is -3.16. The average molecular weight is 357 g/mol. The van der Waals surface area contributed by atoms with E-state index in [1.165, 1.54) is 7.11 Å². The standard InChI is InChI=1S/C18H20FN5O2/c1-12-4-7-16-22-18(23-24(16)11-12)21-14-6-5-13(10-15(14)26-2)17(25)20-9-3-8-19/h4-7,10-11H,3,8-9H2,1-2H3,(H,20,25)(H,21,23). The van der Waals surface area contributed by atoms with E-state index < -0.39 is 6.67 Å². The second-order valence-electron chi connectivity index (χ2n) is 5.78. The summed E-state index contributed by atoms with van der Waals surface area (Å²) in [4.78, 5) is 16.5. The minimum Gasteiger partial charge on any atom is -0.495 e. The first-order chi connectivity index (χ1) is 12.6. The quantitative estimate of drug-likeness (QED) is 0.636. The van der Waals surface area contributed by atoms with E-state index >= 15 is 0 Å². The van der Waals surface area contributed by atoms with Crippen LogP contribution in [-0.2, 0) is 0 Å². The highest BCUT2D eigenvalue weighted by atomic mass is 19.1. The number of halogens is 1.